The summed E-state index contributed by atoms with van der Waals surface area (Å²) >= 11 is 1.35. The average molecular weight is 375 g/mol. The fourth-order valence-electron chi connectivity index (χ4n) is 2.66. The molecule has 3 rings (SSSR count). The summed E-state index contributed by atoms with van der Waals surface area (Å²) in [5.41, 5.74) is 1.61. The molecule has 0 radical (unpaired) electrons. The van der Waals surface area contributed by atoms with E-state index in [1.165, 1.54) is 29.9 Å². The molecular formula is C19H18FNO4S. The van der Waals surface area contributed by atoms with Crippen molar-refractivity contribution < 1.29 is 23.4 Å². The number of esters is 1. The predicted octanol–water partition coefficient (Wildman–Crippen LogP) is 4.44. The van der Waals surface area contributed by atoms with Gasteiger partial charge in [-0.05, 0) is 42.7 Å². The van der Waals surface area contributed by atoms with Crippen LogP contribution < -0.4 is 4.74 Å². The summed E-state index contributed by atoms with van der Waals surface area (Å²) in [7, 11) is 0. The molecular weight excluding hydrogens is 357 g/mol. The summed E-state index contributed by atoms with van der Waals surface area (Å²) in [6.07, 6.45) is 1.72. The zero-order valence-corrected chi connectivity index (χ0v) is 15.2. The molecule has 26 heavy (non-hydrogen) atoms. The van der Waals surface area contributed by atoms with Crippen molar-refractivity contribution in [3.8, 4) is 16.5 Å². The van der Waals surface area contributed by atoms with Crippen molar-refractivity contribution in [3.63, 3.8) is 0 Å². The van der Waals surface area contributed by atoms with Crippen LogP contribution in [0.4, 0.5) is 4.39 Å². The quantitative estimate of drug-likeness (QED) is 0.645. The minimum atomic E-state index is -0.529. The molecule has 0 aliphatic carbocycles. The number of oxazole rings is 1. The number of halogens is 1. The summed E-state index contributed by atoms with van der Waals surface area (Å²) in [6.45, 7) is 3.67. The van der Waals surface area contributed by atoms with Crippen LogP contribution in [0.5, 0.6) is 5.88 Å². The van der Waals surface area contributed by atoms with E-state index in [9.17, 15) is 14.3 Å². The number of aliphatic hydroxyl groups is 1. The molecule has 0 saturated heterocycles. The van der Waals surface area contributed by atoms with Crippen molar-refractivity contribution in [3.05, 3.63) is 58.5 Å². The van der Waals surface area contributed by atoms with Gasteiger partial charge in [0.05, 0.1) is 17.4 Å². The molecule has 136 valence electrons. The topological polar surface area (TPSA) is 72.6 Å². The molecule has 0 spiro atoms. The highest BCUT2D eigenvalue weighted by atomic mass is 32.1. The van der Waals surface area contributed by atoms with Crippen molar-refractivity contribution >= 4 is 17.3 Å². The Labute approximate surface area is 154 Å². The van der Waals surface area contributed by atoms with Crippen molar-refractivity contribution in [1.29, 1.82) is 0 Å². The van der Waals surface area contributed by atoms with Gasteiger partial charge in [-0.1, -0.05) is 19.1 Å². The second-order valence-corrected chi connectivity index (χ2v) is 6.93. The molecule has 0 aliphatic rings. The molecule has 5 nitrogen and oxygen atoms in total. The lowest BCUT2D eigenvalue weighted by molar-refractivity contribution is -0.136. The largest absolute Gasteiger partial charge is 0.438 e. The first-order chi connectivity index (χ1) is 12.5. The zero-order chi connectivity index (χ0) is 18.7. The molecule has 0 fully saturated rings. The van der Waals surface area contributed by atoms with E-state index in [-0.39, 0.29) is 18.3 Å². The van der Waals surface area contributed by atoms with Crippen LogP contribution in [0.25, 0.3) is 10.6 Å². The number of benzene rings is 1. The van der Waals surface area contributed by atoms with Gasteiger partial charge in [0.2, 0.25) is 5.76 Å². The molecule has 0 saturated carbocycles. The number of nitrogens with zero attached hydrogens (tertiary/aromatic N) is 1. The molecule has 2 heterocycles. The third-order valence-electron chi connectivity index (χ3n) is 4.09. The van der Waals surface area contributed by atoms with E-state index in [1.807, 2.05) is 19.9 Å². The predicted molar refractivity (Wildman–Crippen MR) is 95.5 cm³/mol. The van der Waals surface area contributed by atoms with E-state index in [2.05, 4.69) is 4.98 Å². The first-order valence-corrected chi connectivity index (χ1v) is 8.96. The lowest BCUT2D eigenvalue weighted by Gasteiger charge is -2.13. The van der Waals surface area contributed by atoms with Gasteiger partial charge in [-0.15, -0.1) is 11.3 Å². The van der Waals surface area contributed by atoms with Crippen LogP contribution in [0.2, 0.25) is 0 Å². The van der Waals surface area contributed by atoms with Gasteiger partial charge in [0.15, 0.2) is 6.39 Å². The summed E-state index contributed by atoms with van der Waals surface area (Å²) in [5, 5.41) is 9.35. The Hall–Kier alpha value is -2.51. The Morgan fingerprint density at radius 2 is 2.12 bits per heavy atom. The summed E-state index contributed by atoms with van der Waals surface area (Å²) in [4.78, 5) is 18.1. The van der Waals surface area contributed by atoms with E-state index >= 15 is 0 Å². The number of hydrogen-bond donors (Lipinski definition) is 1. The molecule has 0 bridgehead atoms. The number of thiophene rings is 1. The van der Waals surface area contributed by atoms with Gasteiger partial charge in [0, 0.05) is 4.88 Å². The molecule has 1 N–H and O–H groups in total. The van der Waals surface area contributed by atoms with Crippen LogP contribution in [0.3, 0.4) is 0 Å². The highest BCUT2D eigenvalue weighted by Crippen LogP contribution is 2.37. The van der Waals surface area contributed by atoms with E-state index in [0.29, 0.717) is 17.7 Å². The van der Waals surface area contributed by atoms with E-state index in [1.54, 1.807) is 12.1 Å². The fraction of sp³-hybridized carbons (Fsp3) is 0.263. The second kappa shape index (κ2) is 7.80. The molecule has 1 atom stereocenters. The van der Waals surface area contributed by atoms with Crippen molar-refractivity contribution in [2.45, 2.75) is 32.8 Å². The van der Waals surface area contributed by atoms with Gasteiger partial charge >= 0.3 is 5.97 Å². The molecule has 2 aromatic heterocycles. The Bertz CT molecular complexity index is 901. The number of carbonyl (C=O) groups excluding carboxylic acids is 1. The summed E-state index contributed by atoms with van der Waals surface area (Å²) in [5.74, 6) is -0.937. The SMILES string of the molecule is CCC(C(=O)Oc1ncoc1-c1cc(C)c(CO)s1)c1ccc(F)cc1. The molecule has 0 amide bonds. The van der Waals surface area contributed by atoms with Crippen molar-refractivity contribution in [2.24, 2.45) is 0 Å². The minimum Gasteiger partial charge on any atom is -0.438 e. The van der Waals surface area contributed by atoms with Crippen LogP contribution in [0.1, 0.15) is 35.3 Å². The molecule has 0 aliphatic heterocycles. The number of carbonyl (C=O) groups is 1. The highest BCUT2D eigenvalue weighted by molar-refractivity contribution is 7.15. The monoisotopic (exact) mass is 375 g/mol. The van der Waals surface area contributed by atoms with Crippen LogP contribution in [0, 0.1) is 12.7 Å². The van der Waals surface area contributed by atoms with E-state index in [4.69, 9.17) is 9.15 Å². The van der Waals surface area contributed by atoms with Crippen LogP contribution in [0.15, 0.2) is 41.1 Å². The Kier molecular flexibility index (Phi) is 5.49. The van der Waals surface area contributed by atoms with Gasteiger partial charge in [-0.2, -0.15) is 4.98 Å². The third kappa shape index (κ3) is 3.68. The average Bonchev–Trinajstić information content (AvgIpc) is 3.23. The number of ether oxygens (including phenoxy) is 1. The smallest absolute Gasteiger partial charge is 0.320 e. The van der Waals surface area contributed by atoms with Crippen molar-refractivity contribution in [2.75, 3.05) is 0 Å². The van der Waals surface area contributed by atoms with Gasteiger partial charge < -0.3 is 14.3 Å². The molecule has 7 heteroatoms. The van der Waals surface area contributed by atoms with Crippen LogP contribution in [-0.2, 0) is 11.4 Å². The van der Waals surface area contributed by atoms with Crippen molar-refractivity contribution in [1.82, 2.24) is 4.98 Å². The maximum atomic E-state index is 13.1. The lowest BCUT2D eigenvalue weighted by atomic mass is 9.97. The molecule has 1 aromatic carbocycles. The Balaban J connectivity index is 1.83. The summed E-state index contributed by atoms with van der Waals surface area (Å²) < 4.78 is 24.0. The van der Waals surface area contributed by atoms with Gasteiger partial charge in [0.1, 0.15) is 5.82 Å². The standard InChI is InChI=1S/C19H18FNO4S/c1-3-14(12-4-6-13(20)7-5-12)19(23)25-18-17(24-10-21-18)15-8-11(2)16(9-22)26-15/h4-8,10,14,22H,3,9H2,1-2H3. The van der Waals surface area contributed by atoms with Gasteiger partial charge in [-0.3, -0.25) is 4.79 Å². The molecule has 3 aromatic rings. The first kappa shape index (κ1) is 18.3. The van der Waals surface area contributed by atoms with E-state index < -0.39 is 11.9 Å². The normalized spacial score (nSPS) is 12.2. The lowest BCUT2D eigenvalue weighted by Crippen LogP contribution is -2.18. The molecule has 1 unspecified atom stereocenters. The second-order valence-electron chi connectivity index (χ2n) is 5.80. The maximum Gasteiger partial charge on any atom is 0.320 e. The number of rotatable bonds is 6. The zero-order valence-electron chi connectivity index (χ0n) is 14.4. The number of aliphatic hydroxyl groups excluding tert-OH is 1. The van der Waals surface area contributed by atoms with Crippen LogP contribution >= 0.6 is 11.3 Å². The Morgan fingerprint density at radius 3 is 2.73 bits per heavy atom. The highest BCUT2D eigenvalue weighted by Gasteiger charge is 2.25. The minimum absolute atomic E-state index is 0.0672. The third-order valence-corrected chi connectivity index (χ3v) is 5.31. The first-order valence-electron chi connectivity index (χ1n) is 8.14. The summed E-state index contributed by atoms with van der Waals surface area (Å²) in [6, 6.07) is 7.63. The number of aryl methyl sites for hydroxylation is 1. The van der Waals surface area contributed by atoms with E-state index in [0.717, 1.165) is 15.3 Å². The maximum absolute atomic E-state index is 13.1. The van der Waals surface area contributed by atoms with Gasteiger partial charge in [-0.25, -0.2) is 4.39 Å². The van der Waals surface area contributed by atoms with Gasteiger partial charge in [0.25, 0.3) is 5.88 Å². The number of hydrogen-bond acceptors (Lipinski definition) is 6. The van der Waals surface area contributed by atoms with Crippen LogP contribution in [-0.4, -0.2) is 16.1 Å². The fourth-order valence-corrected chi connectivity index (χ4v) is 3.67. The Morgan fingerprint density at radius 1 is 1.38 bits per heavy atom. The number of aromatic nitrogens is 1.